The SMILES string of the molecule is C[S+](C)(=O)Cc1ccc(O)cc1. The van der Waals surface area contributed by atoms with Crippen LogP contribution < -0.4 is 0 Å². The number of phenols is 1. The Hall–Kier alpha value is -0.830. The molecule has 0 bridgehead atoms. The molecule has 0 heterocycles. The van der Waals surface area contributed by atoms with Crippen molar-refractivity contribution in [1.82, 2.24) is 0 Å². The highest BCUT2D eigenvalue weighted by Crippen LogP contribution is 2.13. The number of benzene rings is 1. The second kappa shape index (κ2) is 3.27. The first-order valence-electron chi connectivity index (χ1n) is 3.67. The fraction of sp³-hybridized carbons (Fsp3) is 0.333. The van der Waals surface area contributed by atoms with Gasteiger partial charge in [-0.2, -0.15) is 0 Å². The van der Waals surface area contributed by atoms with E-state index in [1.54, 1.807) is 36.8 Å². The van der Waals surface area contributed by atoms with Gasteiger partial charge in [0.25, 0.3) is 0 Å². The van der Waals surface area contributed by atoms with Crippen molar-refractivity contribution in [3.05, 3.63) is 29.8 Å². The second-order valence-corrected chi connectivity index (χ2v) is 6.41. The highest BCUT2D eigenvalue weighted by Gasteiger charge is 2.12. The largest absolute Gasteiger partial charge is 0.508 e. The van der Waals surface area contributed by atoms with Crippen LogP contribution in [0.5, 0.6) is 5.75 Å². The lowest BCUT2D eigenvalue weighted by Gasteiger charge is -2.00. The summed E-state index contributed by atoms with van der Waals surface area (Å²) in [7, 11) is -1.72. The molecular formula is C9H13O2S+. The molecule has 0 atom stereocenters. The van der Waals surface area contributed by atoms with Gasteiger partial charge in [0.15, 0.2) is 0 Å². The van der Waals surface area contributed by atoms with Crippen LogP contribution in [0.15, 0.2) is 24.3 Å². The van der Waals surface area contributed by atoms with Crippen molar-refractivity contribution in [2.24, 2.45) is 0 Å². The van der Waals surface area contributed by atoms with E-state index in [1.165, 1.54) is 0 Å². The Balaban J connectivity index is 2.78. The molecular weight excluding hydrogens is 172 g/mol. The van der Waals surface area contributed by atoms with Gasteiger partial charge in [0.1, 0.15) is 24.0 Å². The Bertz CT molecular complexity index is 297. The first kappa shape index (κ1) is 9.26. The van der Waals surface area contributed by atoms with E-state index in [2.05, 4.69) is 0 Å². The summed E-state index contributed by atoms with van der Waals surface area (Å²) in [6, 6.07) is 6.81. The van der Waals surface area contributed by atoms with E-state index < -0.39 is 9.93 Å². The molecule has 0 unspecified atom stereocenters. The minimum absolute atomic E-state index is 0.248. The highest BCUT2D eigenvalue weighted by atomic mass is 32.2. The molecule has 0 saturated heterocycles. The lowest BCUT2D eigenvalue weighted by molar-refractivity contribution is 0.475. The third-order valence-corrected chi connectivity index (χ3v) is 2.48. The van der Waals surface area contributed by atoms with Crippen LogP contribution >= 0.6 is 0 Å². The minimum Gasteiger partial charge on any atom is -0.508 e. The van der Waals surface area contributed by atoms with Crippen LogP contribution in [0.25, 0.3) is 0 Å². The number of aromatic hydroxyl groups is 1. The van der Waals surface area contributed by atoms with Crippen molar-refractivity contribution < 1.29 is 9.32 Å². The van der Waals surface area contributed by atoms with E-state index in [0.29, 0.717) is 5.75 Å². The molecule has 0 radical (unpaired) electrons. The molecule has 66 valence electrons. The van der Waals surface area contributed by atoms with Crippen molar-refractivity contribution in [2.45, 2.75) is 5.75 Å². The van der Waals surface area contributed by atoms with E-state index >= 15 is 0 Å². The van der Waals surface area contributed by atoms with Crippen LogP contribution in [-0.2, 0) is 19.9 Å². The van der Waals surface area contributed by atoms with Crippen molar-refractivity contribution in [1.29, 1.82) is 0 Å². The van der Waals surface area contributed by atoms with Crippen molar-refractivity contribution >= 4 is 9.93 Å². The summed E-state index contributed by atoms with van der Waals surface area (Å²) in [6.07, 6.45) is 3.47. The van der Waals surface area contributed by atoms with E-state index in [1.807, 2.05) is 0 Å². The van der Waals surface area contributed by atoms with Crippen LogP contribution in [0.1, 0.15) is 5.56 Å². The molecule has 0 aliphatic rings. The Labute approximate surface area is 73.7 Å². The van der Waals surface area contributed by atoms with Gasteiger partial charge in [-0.25, -0.2) is 0 Å². The summed E-state index contributed by atoms with van der Waals surface area (Å²) in [5, 5.41) is 8.98. The van der Waals surface area contributed by atoms with Crippen LogP contribution in [0.4, 0.5) is 0 Å². The molecule has 0 aliphatic heterocycles. The zero-order valence-corrected chi connectivity index (χ0v) is 8.10. The normalized spacial score (nSPS) is 11.5. The average molecular weight is 185 g/mol. The van der Waals surface area contributed by atoms with E-state index in [9.17, 15) is 4.21 Å². The van der Waals surface area contributed by atoms with Crippen LogP contribution in [0, 0.1) is 0 Å². The molecule has 2 nitrogen and oxygen atoms in total. The van der Waals surface area contributed by atoms with Crippen LogP contribution in [-0.4, -0.2) is 17.6 Å². The third kappa shape index (κ3) is 3.05. The van der Waals surface area contributed by atoms with Gasteiger partial charge in [0, 0.05) is 5.56 Å². The highest BCUT2D eigenvalue weighted by molar-refractivity contribution is 8.00. The lowest BCUT2D eigenvalue weighted by Crippen LogP contribution is -2.07. The number of rotatable bonds is 2. The number of hydrogen-bond donors (Lipinski definition) is 1. The Morgan fingerprint density at radius 2 is 1.75 bits per heavy atom. The summed E-state index contributed by atoms with van der Waals surface area (Å²) in [4.78, 5) is 0. The Morgan fingerprint density at radius 1 is 1.25 bits per heavy atom. The molecule has 0 aromatic heterocycles. The molecule has 1 N–H and O–H groups in total. The van der Waals surface area contributed by atoms with Gasteiger partial charge in [-0.05, 0) is 12.1 Å². The van der Waals surface area contributed by atoms with Gasteiger partial charge in [-0.15, -0.1) is 4.21 Å². The smallest absolute Gasteiger partial charge is 0.136 e. The molecule has 0 saturated carbocycles. The summed E-state index contributed by atoms with van der Waals surface area (Å²) in [5.41, 5.74) is 1.00. The van der Waals surface area contributed by atoms with E-state index in [4.69, 9.17) is 5.11 Å². The van der Waals surface area contributed by atoms with Gasteiger partial charge in [-0.1, -0.05) is 12.1 Å². The first-order valence-corrected chi connectivity index (χ1v) is 6.21. The van der Waals surface area contributed by atoms with Crippen molar-refractivity contribution in [3.63, 3.8) is 0 Å². The van der Waals surface area contributed by atoms with Gasteiger partial charge < -0.3 is 5.11 Å². The van der Waals surface area contributed by atoms with Gasteiger partial charge in [0.05, 0.1) is 9.93 Å². The maximum atomic E-state index is 11.4. The number of hydrogen-bond acceptors (Lipinski definition) is 2. The van der Waals surface area contributed by atoms with Gasteiger partial charge in [-0.3, -0.25) is 0 Å². The Morgan fingerprint density at radius 3 is 2.17 bits per heavy atom. The quantitative estimate of drug-likeness (QED) is 0.711. The average Bonchev–Trinajstić information content (AvgIpc) is 1.91. The van der Waals surface area contributed by atoms with Gasteiger partial charge in [0.2, 0.25) is 0 Å². The van der Waals surface area contributed by atoms with Crippen molar-refractivity contribution in [3.8, 4) is 5.75 Å². The summed E-state index contributed by atoms with van der Waals surface area (Å²) in [6.45, 7) is 0. The molecule has 0 fully saturated rings. The molecule has 12 heavy (non-hydrogen) atoms. The molecule has 0 spiro atoms. The minimum atomic E-state index is -1.72. The predicted octanol–water partition coefficient (Wildman–Crippen LogP) is 1.65. The van der Waals surface area contributed by atoms with E-state index in [0.717, 1.165) is 5.56 Å². The first-order chi connectivity index (χ1) is 5.47. The maximum absolute atomic E-state index is 11.4. The zero-order chi connectivity index (χ0) is 9.19. The standard InChI is InChI=1S/C9H12O2S/c1-12(2,11)7-8-3-5-9(10)6-4-8/h3-6H,7H2,1-2H3/p+1. The zero-order valence-electron chi connectivity index (χ0n) is 7.28. The molecule has 1 rings (SSSR count). The maximum Gasteiger partial charge on any atom is 0.136 e. The molecule has 0 aliphatic carbocycles. The van der Waals surface area contributed by atoms with Crippen molar-refractivity contribution in [2.75, 3.05) is 12.5 Å². The topological polar surface area (TPSA) is 37.3 Å². The second-order valence-electron chi connectivity index (χ2n) is 3.25. The third-order valence-electron chi connectivity index (χ3n) is 1.45. The molecule has 1 aromatic rings. The van der Waals surface area contributed by atoms with Crippen LogP contribution in [0.2, 0.25) is 0 Å². The Kier molecular flexibility index (Phi) is 2.52. The lowest BCUT2D eigenvalue weighted by atomic mass is 10.2. The summed E-state index contributed by atoms with van der Waals surface area (Å²) < 4.78 is 11.4. The predicted molar refractivity (Wildman–Crippen MR) is 51.7 cm³/mol. The fourth-order valence-corrected chi connectivity index (χ4v) is 1.99. The van der Waals surface area contributed by atoms with Gasteiger partial charge >= 0.3 is 0 Å². The van der Waals surface area contributed by atoms with E-state index in [-0.39, 0.29) is 5.75 Å². The molecule has 0 amide bonds. The summed E-state index contributed by atoms with van der Waals surface area (Å²) >= 11 is 0. The monoisotopic (exact) mass is 185 g/mol. The number of phenolic OH excluding ortho intramolecular Hbond substituents is 1. The molecule has 1 aromatic carbocycles. The summed E-state index contributed by atoms with van der Waals surface area (Å²) in [5.74, 6) is 0.824. The molecule has 3 heteroatoms. The fourth-order valence-electron chi connectivity index (χ4n) is 0.994. The van der Waals surface area contributed by atoms with Crippen LogP contribution in [0.3, 0.4) is 0 Å².